The fraction of sp³-hybridized carbons (Fsp3) is 0.344. The number of likely N-dealkylation sites (N-methyl/N-ethyl adjacent to an activating group) is 1. The van der Waals surface area contributed by atoms with Crippen molar-refractivity contribution in [2.75, 3.05) is 38.5 Å². The standard InChI is InChI=1S/C32H35F3N6O2/c1-20(2)28-5-4-23(15-24(28)17-38-30(42)25-14-22-6-7-36-29(22)37-18-25)31(43)39-27-13-21(12-26(16-27)32(33,34)35)19-41-10-8-40(3)9-11-41/h4-7,12-16,18,20H,8-11,17,19H2,1-3H3,(H,36,37)(H,38,42)(H,39,43). The van der Waals surface area contributed by atoms with Crippen LogP contribution in [0.5, 0.6) is 0 Å². The summed E-state index contributed by atoms with van der Waals surface area (Å²) in [6, 6.07) is 12.4. The van der Waals surface area contributed by atoms with Crippen molar-refractivity contribution in [2.24, 2.45) is 0 Å². The molecule has 3 N–H and O–H groups in total. The number of aromatic nitrogens is 2. The second-order valence-corrected chi connectivity index (χ2v) is 11.3. The highest BCUT2D eigenvalue weighted by atomic mass is 19.4. The fourth-order valence-corrected chi connectivity index (χ4v) is 5.29. The van der Waals surface area contributed by atoms with E-state index in [1.165, 1.54) is 6.20 Å². The molecule has 2 aromatic carbocycles. The lowest BCUT2D eigenvalue weighted by molar-refractivity contribution is -0.137. The Hall–Kier alpha value is -4.22. The van der Waals surface area contributed by atoms with Crippen LogP contribution in [0.15, 0.2) is 60.9 Å². The monoisotopic (exact) mass is 592 g/mol. The summed E-state index contributed by atoms with van der Waals surface area (Å²) in [6.07, 6.45) is -1.31. The van der Waals surface area contributed by atoms with Crippen molar-refractivity contribution in [3.05, 3.63) is 94.3 Å². The quantitative estimate of drug-likeness (QED) is 0.247. The van der Waals surface area contributed by atoms with Crippen LogP contribution >= 0.6 is 0 Å². The van der Waals surface area contributed by atoms with Gasteiger partial charge in [-0.25, -0.2) is 4.98 Å². The fourth-order valence-electron chi connectivity index (χ4n) is 5.29. The summed E-state index contributed by atoms with van der Waals surface area (Å²) in [7, 11) is 2.02. The average Bonchev–Trinajstić information content (AvgIpc) is 3.44. The third kappa shape index (κ3) is 7.41. The zero-order chi connectivity index (χ0) is 30.7. The number of piperazine rings is 1. The number of pyridine rings is 1. The Balaban J connectivity index is 1.33. The maximum Gasteiger partial charge on any atom is 0.416 e. The number of alkyl halides is 3. The maximum atomic E-state index is 13.8. The molecule has 4 aromatic rings. The predicted molar refractivity (Wildman–Crippen MR) is 160 cm³/mol. The van der Waals surface area contributed by atoms with Crippen LogP contribution < -0.4 is 10.6 Å². The number of hydrogen-bond donors (Lipinski definition) is 3. The smallest absolute Gasteiger partial charge is 0.348 e. The van der Waals surface area contributed by atoms with E-state index in [1.807, 2.05) is 33.0 Å². The Morgan fingerprint density at radius 1 is 0.977 bits per heavy atom. The van der Waals surface area contributed by atoms with Crippen molar-refractivity contribution in [1.29, 1.82) is 0 Å². The second-order valence-electron chi connectivity index (χ2n) is 11.3. The summed E-state index contributed by atoms with van der Waals surface area (Å²) < 4.78 is 41.3. The number of carbonyl (C=O) groups is 2. The van der Waals surface area contributed by atoms with Crippen molar-refractivity contribution < 1.29 is 22.8 Å². The number of fused-ring (bicyclic) bond motifs is 1. The van der Waals surface area contributed by atoms with E-state index in [0.29, 0.717) is 23.3 Å². The molecule has 2 amide bonds. The summed E-state index contributed by atoms with van der Waals surface area (Å²) in [6.45, 7) is 7.74. The molecule has 2 aromatic heterocycles. The number of aromatic amines is 1. The predicted octanol–water partition coefficient (Wildman–Crippen LogP) is 5.63. The molecule has 1 aliphatic heterocycles. The number of amides is 2. The molecule has 226 valence electrons. The molecular weight excluding hydrogens is 557 g/mol. The molecule has 0 radical (unpaired) electrons. The van der Waals surface area contributed by atoms with Crippen LogP contribution in [-0.4, -0.2) is 64.8 Å². The first-order valence-corrected chi connectivity index (χ1v) is 14.2. The van der Waals surface area contributed by atoms with Crippen molar-refractivity contribution in [2.45, 2.75) is 39.0 Å². The van der Waals surface area contributed by atoms with E-state index in [2.05, 4.69) is 30.4 Å². The summed E-state index contributed by atoms with van der Waals surface area (Å²) in [4.78, 5) is 37.7. The second kappa shape index (κ2) is 12.6. The zero-order valence-corrected chi connectivity index (χ0v) is 24.4. The summed E-state index contributed by atoms with van der Waals surface area (Å²) >= 11 is 0. The molecule has 11 heteroatoms. The van der Waals surface area contributed by atoms with Crippen molar-refractivity contribution in [3.8, 4) is 0 Å². The van der Waals surface area contributed by atoms with Gasteiger partial charge in [0.2, 0.25) is 0 Å². The molecule has 0 saturated carbocycles. The van der Waals surface area contributed by atoms with Gasteiger partial charge in [-0.2, -0.15) is 13.2 Å². The van der Waals surface area contributed by atoms with Gasteiger partial charge in [0.05, 0.1) is 11.1 Å². The highest BCUT2D eigenvalue weighted by molar-refractivity contribution is 6.04. The first-order valence-electron chi connectivity index (χ1n) is 14.2. The van der Waals surface area contributed by atoms with Gasteiger partial charge in [-0.3, -0.25) is 14.5 Å². The van der Waals surface area contributed by atoms with Crippen molar-refractivity contribution in [3.63, 3.8) is 0 Å². The molecular formula is C32H35F3N6O2. The van der Waals surface area contributed by atoms with Gasteiger partial charge < -0.3 is 20.5 Å². The van der Waals surface area contributed by atoms with Gasteiger partial charge in [0.15, 0.2) is 0 Å². The first-order chi connectivity index (χ1) is 20.5. The molecule has 0 spiro atoms. The minimum absolute atomic E-state index is 0.0828. The topological polar surface area (TPSA) is 93.4 Å². The molecule has 8 nitrogen and oxygen atoms in total. The lowest BCUT2D eigenvalue weighted by Crippen LogP contribution is -2.43. The molecule has 0 aliphatic carbocycles. The molecule has 1 aliphatic rings. The number of nitrogens with one attached hydrogen (secondary N) is 3. The summed E-state index contributed by atoms with van der Waals surface area (Å²) in [5, 5.41) is 6.39. The molecule has 1 fully saturated rings. The minimum Gasteiger partial charge on any atom is -0.348 e. The van der Waals surface area contributed by atoms with Gasteiger partial charge in [0.25, 0.3) is 11.8 Å². The SMILES string of the molecule is CC(C)c1ccc(C(=O)Nc2cc(CN3CCN(C)CC3)cc(C(F)(F)F)c2)cc1CNC(=O)c1cnc2[nH]ccc2c1. The summed E-state index contributed by atoms with van der Waals surface area (Å²) in [5.41, 5.74) is 2.83. The van der Waals surface area contributed by atoms with Crippen LogP contribution in [0, 0.1) is 0 Å². The molecule has 0 atom stereocenters. The number of hydrogen-bond acceptors (Lipinski definition) is 5. The van der Waals surface area contributed by atoms with E-state index in [9.17, 15) is 22.8 Å². The van der Waals surface area contributed by atoms with Gasteiger partial charge in [-0.15, -0.1) is 0 Å². The number of halogens is 3. The van der Waals surface area contributed by atoms with Crippen molar-refractivity contribution in [1.82, 2.24) is 25.1 Å². The number of anilines is 1. The van der Waals surface area contributed by atoms with Crippen LogP contribution in [0.4, 0.5) is 18.9 Å². The number of rotatable bonds is 8. The molecule has 0 unspecified atom stereocenters. The van der Waals surface area contributed by atoms with Crippen LogP contribution in [-0.2, 0) is 19.3 Å². The van der Waals surface area contributed by atoms with Gasteiger partial charge in [-0.05, 0) is 72.1 Å². The Morgan fingerprint density at radius 2 is 1.74 bits per heavy atom. The molecule has 43 heavy (non-hydrogen) atoms. The molecule has 1 saturated heterocycles. The lowest BCUT2D eigenvalue weighted by Gasteiger charge is -2.32. The van der Waals surface area contributed by atoms with Gasteiger partial charge >= 0.3 is 6.18 Å². The lowest BCUT2D eigenvalue weighted by atomic mass is 9.95. The zero-order valence-electron chi connectivity index (χ0n) is 24.4. The van der Waals surface area contributed by atoms with Crippen LogP contribution in [0.2, 0.25) is 0 Å². The first kappa shape index (κ1) is 30.2. The van der Waals surface area contributed by atoms with E-state index >= 15 is 0 Å². The van der Waals surface area contributed by atoms with Crippen LogP contribution in [0.1, 0.15) is 62.7 Å². The normalized spacial score (nSPS) is 14.8. The van der Waals surface area contributed by atoms with Crippen molar-refractivity contribution >= 4 is 28.5 Å². The minimum atomic E-state index is -4.55. The van der Waals surface area contributed by atoms with Gasteiger partial charge in [-0.1, -0.05) is 19.9 Å². The van der Waals surface area contributed by atoms with Crippen LogP contribution in [0.3, 0.4) is 0 Å². The third-order valence-electron chi connectivity index (χ3n) is 7.71. The van der Waals surface area contributed by atoms with E-state index in [-0.39, 0.29) is 29.6 Å². The average molecular weight is 593 g/mol. The molecule has 3 heterocycles. The number of carbonyl (C=O) groups excluding carboxylic acids is 2. The highest BCUT2D eigenvalue weighted by Crippen LogP contribution is 2.33. The maximum absolute atomic E-state index is 13.8. The van der Waals surface area contributed by atoms with E-state index < -0.39 is 17.6 Å². The number of nitrogens with zero attached hydrogens (tertiary/aromatic N) is 3. The van der Waals surface area contributed by atoms with Gasteiger partial charge in [0.1, 0.15) is 5.65 Å². The molecule has 0 bridgehead atoms. The third-order valence-corrected chi connectivity index (χ3v) is 7.71. The van der Waals surface area contributed by atoms with Gasteiger partial charge in [0, 0.05) is 68.3 Å². The number of H-pyrrole nitrogens is 1. The van der Waals surface area contributed by atoms with E-state index in [0.717, 1.165) is 54.8 Å². The Labute approximate surface area is 248 Å². The Morgan fingerprint density at radius 3 is 2.47 bits per heavy atom. The Kier molecular flexibility index (Phi) is 8.84. The number of benzene rings is 2. The largest absolute Gasteiger partial charge is 0.416 e. The Bertz CT molecular complexity index is 1620. The van der Waals surface area contributed by atoms with E-state index in [4.69, 9.17) is 0 Å². The van der Waals surface area contributed by atoms with E-state index in [1.54, 1.807) is 30.5 Å². The summed E-state index contributed by atoms with van der Waals surface area (Å²) in [5.74, 6) is -0.727. The highest BCUT2D eigenvalue weighted by Gasteiger charge is 2.31. The van der Waals surface area contributed by atoms with Crippen LogP contribution in [0.25, 0.3) is 11.0 Å². The molecule has 5 rings (SSSR count).